The molecule has 2 N–H and O–H groups in total. The third-order valence-corrected chi connectivity index (χ3v) is 8.20. The fourth-order valence-electron chi connectivity index (χ4n) is 5.63. The maximum absolute atomic E-state index is 13.0. The highest BCUT2D eigenvalue weighted by Gasteiger charge is 2.28. The summed E-state index contributed by atoms with van der Waals surface area (Å²) in [6.45, 7) is 10.3. The van der Waals surface area contributed by atoms with Crippen molar-refractivity contribution in [2.24, 2.45) is 5.92 Å². The van der Waals surface area contributed by atoms with Crippen molar-refractivity contribution in [1.82, 2.24) is 9.88 Å². The van der Waals surface area contributed by atoms with Crippen molar-refractivity contribution >= 4 is 29.3 Å². The van der Waals surface area contributed by atoms with E-state index in [2.05, 4.69) is 22.3 Å². The first kappa shape index (κ1) is 32.0. The molecule has 2 aromatic carbocycles. The number of ether oxygens (including phenoxy) is 3. The van der Waals surface area contributed by atoms with E-state index in [0.717, 1.165) is 35.5 Å². The summed E-state index contributed by atoms with van der Waals surface area (Å²) >= 11 is 0. The molecule has 45 heavy (non-hydrogen) atoms. The highest BCUT2D eigenvalue weighted by Crippen LogP contribution is 2.34. The van der Waals surface area contributed by atoms with Crippen molar-refractivity contribution in [2.75, 3.05) is 56.2 Å². The van der Waals surface area contributed by atoms with Crippen LogP contribution in [0.1, 0.15) is 55.2 Å². The predicted molar refractivity (Wildman–Crippen MR) is 175 cm³/mol. The van der Waals surface area contributed by atoms with Crippen molar-refractivity contribution in [1.29, 1.82) is 5.41 Å². The number of nitrogens with one attached hydrogen (secondary N) is 2. The number of aromatic nitrogens is 1. The average Bonchev–Trinajstić information content (AvgIpc) is 3.08. The van der Waals surface area contributed by atoms with Crippen LogP contribution in [0.2, 0.25) is 0 Å². The summed E-state index contributed by atoms with van der Waals surface area (Å²) in [5.74, 6) is -0.102. The van der Waals surface area contributed by atoms with Crippen molar-refractivity contribution in [3.05, 3.63) is 77.5 Å². The molecule has 0 saturated carbocycles. The number of pyridine rings is 1. The molecule has 10 heteroatoms. The van der Waals surface area contributed by atoms with Gasteiger partial charge in [0.2, 0.25) is 0 Å². The molecule has 5 rings (SSSR count). The summed E-state index contributed by atoms with van der Waals surface area (Å²) in [4.78, 5) is 34.5. The Morgan fingerprint density at radius 3 is 2.33 bits per heavy atom. The Labute approximate surface area is 265 Å². The number of hydrogen-bond acceptors (Lipinski definition) is 9. The zero-order chi connectivity index (χ0) is 31.8. The van der Waals surface area contributed by atoms with Crippen LogP contribution >= 0.6 is 0 Å². The van der Waals surface area contributed by atoms with Gasteiger partial charge in [-0.2, -0.15) is 0 Å². The molecule has 2 aliphatic rings. The van der Waals surface area contributed by atoms with Crippen LogP contribution in [0.4, 0.5) is 16.3 Å². The minimum atomic E-state index is -0.509. The van der Waals surface area contributed by atoms with Crippen LogP contribution < -0.4 is 10.2 Å². The lowest BCUT2D eigenvalue weighted by molar-refractivity contribution is 0.0519. The van der Waals surface area contributed by atoms with Gasteiger partial charge in [0, 0.05) is 49.2 Å². The average molecular weight is 614 g/mol. The molecule has 0 unspecified atom stereocenters. The Morgan fingerprint density at radius 1 is 1.00 bits per heavy atom. The Balaban J connectivity index is 1.38. The SMILES string of the molecule is CCOC(=O)c1cc(-c2ccc(N3CCOCC3)cc2)c(C(=N)C(C)C)c(NC2CCN(C(=O)OCc3ccccc3)CC2)n1. The molecule has 3 aromatic rings. The number of benzene rings is 2. The number of rotatable bonds is 10. The van der Waals surface area contributed by atoms with E-state index in [1.54, 1.807) is 17.9 Å². The first-order valence-corrected chi connectivity index (χ1v) is 15.8. The molecule has 0 bridgehead atoms. The van der Waals surface area contributed by atoms with E-state index < -0.39 is 5.97 Å². The molecule has 3 heterocycles. The van der Waals surface area contributed by atoms with Crippen LogP contribution in [0.25, 0.3) is 11.1 Å². The molecule has 1 aromatic heterocycles. The Kier molecular flexibility index (Phi) is 10.7. The first-order valence-electron chi connectivity index (χ1n) is 15.8. The van der Waals surface area contributed by atoms with Gasteiger partial charge in [0.1, 0.15) is 12.4 Å². The molecule has 10 nitrogen and oxygen atoms in total. The van der Waals surface area contributed by atoms with E-state index in [1.165, 1.54) is 0 Å². The van der Waals surface area contributed by atoms with Gasteiger partial charge in [-0.3, -0.25) is 0 Å². The van der Waals surface area contributed by atoms with Gasteiger partial charge in [0.05, 0.1) is 19.8 Å². The lowest BCUT2D eigenvalue weighted by Gasteiger charge is -2.33. The Hall–Kier alpha value is -4.44. The highest BCUT2D eigenvalue weighted by molar-refractivity contribution is 6.10. The van der Waals surface area contributed by atoms with Gasteiger partial charge in [-0.05, 0) is 60.6 Å². The van der Waals surface area contributed by atoms with E-state index in [9.17, 15) is 9.59 Å². The molecule has 1 amide bonds. The maximum Gasteiger partial charge on any atom is 0.410 e. The minimum absolute atomic E-state index is 0.0108. The van der Waals surface area contributed by atoms with E-state index in [-0.39, 0.29) is 37.0 Å². The quantitative estimate of drug-likeness (QED) is 0.211. The molecule has 0 atom stereocenters. The molecule has 2 aliphatic heterocycles. The van der Waals surface area contributed by atoms with Crippen LogP contribution in [0.5, 0.6) is 0 Å². The second kappa shape index (κ2) is 15.0. The summed E-state index contributed by atoms with van der Waals surface area (Å²) in [5, 5.41) is 12.7. The number of morpholine rings is 1. The number of carbonyl (C=O) groups excluding carboxylic acids is 2. The lowest BCUT2D eigenvalue weighted by atomic mass is 9.91. The van der Waals surface area contributed by atoms with Gasteiger partial charge in [-0.15, -0.1) is 0 Å². The molecule has 238 valence electrons. The van der Waals surface area contributed by atoms with Crippen molar-refractivity contribution in [2.45, 2.75) is 46.3 Å². The summed E-state index contributed by atoms with van der Waals surface area (Å²) < 4.78 is 16.4. The zero-order valence-corrected chi connectivity index (χ0v) is 26.4. The third kappa shape index (κ3) is 7.99. The molecule has 2 saturated heterocycles. The number of amides is 1. The van der Waals surface area contributed by atoms with Crippen LogP contribution in [-0.2, 0) is 20.8 Å². The van der Waals surface area contributed by atoms with Crippen molar-refractivity contribution in [3.63, 3.8) is 0 Å². The van der Waals surface area contributed by atoms with Gasteiger partial charge < -0.3 is 34.7 Å². The predicted octanol–water partition coefficient (Wildman–Crippen LogP) is 6.00. The van der Waals surface area contributed by atoms with E-state index in [4.69, 9.17) is 24.6 Å². The summed E-state index contributed by atoms with van der Waals surface area (Å²) in [6, 6.07) is 19.6. The van der Waals surface area contributed by atoms with E-state index in [1.807, 2.05) is 56.3 Å². The molecule has 0 radical (unpaired) electrons. The minimum Gasteiger partial charge on any atom is -0.461 e. The number of nitrogens with zero attached hydrogens (tertiary/aromatic N) is 3. The van der Waals surface area contributed by atoms with Gasteiger partial charge in [0.15, 0.2) is 5.69 Å². The highest BCUT2D eigenvalue weighted by atomic mass is 16.6. The zero-order valence-electron chi connectivity index (χ0n) is 26.4. The second-order valence-electron chi connectivity index (χ2n) is 11.7. The van der Waals surface area contributed by atoms with Gasteiger partial charge >= 0.3 is 12.1 Å². The second-order valence-corrected chi connectivity index (χ2v) is 11.7. The standard InChI is InChI=1S/C35H43N5O5/c1-4-44-34(41)30-22-29(26-10-12-28(13-11-26)39-18-20-43-21-19-39)31(32(36)24(2)3)33(38-30)37-27-14-16-40(17-15-27)35(42)45-23-25-8-6-5-7-9-25/h5-13,22,24,27,36H,4,14-21,23H2,1-3H3,(H,37,38). The molecular formula is C35H43N5O5. The molecule has 0 spiro atoms. The topological polar surface area (TPSA) is 117 Å². The number of anilines is 2. The summed E-state index contributed by atoms with van der Waals surface area (Å²) in [6.07, 6.45) is 1.01. The fourth-order valence-corrected chi connectivity index (χ4v) is 5.63. The largest absolute Gasteiger partial charge is 0.461 e. The molecule has 2 fully saturated rings. The fraction of sp³-hybridized carbons (Fsp3) is 0.429. The molecule has 0 aliphatic carbocycles. The first-order chi connectivity index (χ1) is 21.8. The maximum atomic E-state index is 13.0. The monoisotopic (exact) mass is 613 g/mol. The van der Waals surface area contributed by atoms with Crippen LogP contribution in [0, 0.1) is 11.3 Å². The molecular weight excluding hydrogens is 570 g/mol. The van der Waals surface area contributed by atoms with Crippen molar-refractivity contribution < 1.29 is 23.8 Å². The van der Waals surface area contributed by atoms with E-state index in [0.29, 0.717) is 56.2 Å². The lowest BCUT2D eigenvalue weighted by Crippen LogP contribution is -2.43. The number of esters is 1. The number of piperidine rings is 1. The number of likely N-dealkylation sites (tertiary alicyclic amines) is 1. The summed E-state index contributed by atoms with van der Waals surface area (Å²) in [7, 11) is 0. The van der Waals surface area contributed by atoms with Crippen LogP contribution in [0.3, 0.4) is 0 Å². The normalized spacial score (nSPS) is 15.6. The number of hydrogen-bond donors (Lipinski definition) is 2. The summed E-state index contributed by atoms with van der Waals surface area (Å²) in [5.41, 5.74) is 4.98. The van der Waals surface area contributed by atoms with Gasteiger partial charge in [-0.25, -0.2) is 14.6 Å². The van der Waals surface area contributed by atoms with E-state index >= 15 is 0 Å². The third-order valence-electron chi connectivity index (χ3n) is 8.20. The Morgan fingerprint density at radius 2 is 1.69 bits per heavy atom. The van der Waals surface area contributed by atoms with Gasteiger partial charge in [0.25, 0.3) is 0 Å². The van der Waals surface area contributed by atoms with Gasteiger partial charge in [-0.1, -0.05) is 56.3 Å². The van der Waals surface area contributed by atoms with Crippen molar-refractivity contribution in [3.8, 4) is 11.1 Å². The van der Waals surface area contributed by atoms with Crippen LogP contribution in [-0.4, -0.2) is 79.7 Å². The Bertz CT molecular complexity index is 1460. The van der Waals surface area contributed by atoms with Crippen LogP contribution in [0.15, 0.2) is 60.7 Å². The number of carbonyl (C=O) groups is 2. The smallest absolute Gasteiger partial charge is 0.410 e.